The van der Waals surface area contributed by atoms with Gasteiger partial charge in [-0.25, -0.2) is 0 Å². The summed E-state index contributed by atoms with van der Waals surface area (Å²) < 4.78 is 5.48. The minimum Gasteiger partial charge on any atom is -0.466 e. The Labute approximate surface area is 151 Å². The molecule has 5 unspecified atom stereocenters. The van der Waals surface area contributed by atoms with Crippen molar-refractivity contribution in [3.63, 3.8) is 0 Å². The van der Waals surface area contributed by atoms with E-state index in [4.69, 9.17) is 4.74 Å². The molecule has 2 aliphatic carbocycles. The highest BCUT2D eigenvalue weighted by atomic mass is 16.5. The first-order valence-electron chi connectivity index (χ1n) is 10.1. The summed E-state index contributed by atoms with van der Waals surface area (Å²) in [5.41, 5.74) is 1.67. The Balaban J connectivity index is 1.65. The number of rotatable bonds is 4. The number of benzene rings is 1. The number of nitrogens with zero attached hydrogens (tertiary/aromatic N) is 1. The molecule has 0 N–H and O–H groups in total. The molecule has 3 nitrogen and oxygen atoms in total. The number of fused-ring (bicyclic) bond motifs is 2. The second-order valence-corrected chi connectivity index (χ2v) is 8.38. The lowest BCUT2D eigenvalue weighted by Crippen LogP contribution is -2.68. The zero-order valence-corrected chi connectivity index (χ0v) is 15.6. The first-order valence-corrected chi connectivity index (χ1v) is 10.1. The molecule has 3 heteroatoms. The minimum atomic E-state index is 0.0425. The molecule has 25 heavy (non-hydrogen) atoms. The van der Waals surface area contributed by atoms with E-state index in [1.165, 1.54) is 37.7 Å². The molecular weight excluding hydrogens is 310 g/mol. The van der Waals surface area contributed by atoms with Gasteiger partial charge in [-0.3, -0.25) is 9.69 Å². The summed E-state index contributed by atoms with van der Waals surface area (Å²) in [6.07, 6.45) is 7.56. The van der Waals surface area contributed by atoms with Crippen LogP contribution in [0.25, 0.3) is 0 Å². The molecule has 1 aromatic carbocycles. The highest BCUT2D eigenvalue weighted by molar-refractivity contribution is 5.74. The van der Waals surface area contributed by atoms with Crippen molar-refractivity contribution in [1.82, 2.24) is 4.90 Å². The Hall–Kier alpha value is -1.35. The van der Waals surface area contributed by atoms with Gasteiger partial charge in [0, 0.05) is 18.6 Å². The van der Waals surface area contributed by atoms with E-state index in [2.05, 4.69) is 42.2 Å². The second-order valence-electron chi connectivity index (χ2n) is 8.38. The second kappa shape index (κ2) is 6.75. The molecule has 2 heterocycles. The maximum atomic E-state index is 12.7. The molecular formula is C22H31NO2. The lowest BCUT2D eigenvalue weighted by Gasteiger charge is -2.65. The largest absolute Gasteiger partial charge is 0.466 e. The summed E-state index contributed by atoms with van der Waals surface area (Å²) in [5, 5.41) is 0. The molecule has 0 aromatic heterocycles. The van der Waals surface area contributed by atoms with E-state index >= 15 is 0 Å². The summed E-state index contributed by atoms with van der Waals surface area (Å²) in [7, 11) is 0. The van der Waals surface area contributed by atoms with E-state index in [1.54, 1.807) is 0 Å². The molecule has 5 atom stereocenters. The van der Waals surface area contributed by atoms with Crippen molar-refractivity contribution in [2.45, 2.75) is 71.0 Å². The van der Waals surface area contributed by atoms with Gasteiger partial charge in [0.2, 0.25) is 0 Å². The smallest absolute Gasteiger partial charge is 0.310 e. The molecule has 5 rings (SSSR count). The third-order valence-electron chi connectivity index (χ3n) is 7.40. The first kappa shape index (κ1) is 17.1. The highest BCUT2D eigenvalue weighted by Crippen LogP contribution is 2.60. The first-order chi connectivity index (χ1) is 12.2. The summed E-state index contributed by atoms with van der Waals surface area (Å²) >= 11 is 0. The van der Waals surface area contributed by atoms with Crippen LogP contribution in [-0.4, -0.2) is 29.6 Å². The predicted octanol–water partition coefficient (Wildman–Crippen LogP) is 4.41. The van der Waals surface area contributed by atoms with Crippen molar-refractivity contribution in [3.05, 3.63) is 35.9 Å². The maximum absolute atomic E-state index is 12.7. The number of carbonyl (C=O) groups is 1. The lowest BCUT2D eigenvalue weighted by atomic mass is 9.49. The van der Waals surface area contributed by atoms with Gasteiger partial charge >= 0.3 is 5.97 Å². The molecule has 4 fully saturated rings. The topological polar surface area (TPSA) is 29.5 Å². The average Bonchev–Trinajstić information content (AvgIpc) is 2.64. The van der Waals surface area contributed by atoms with E-state index in [-0.39, 0.29) is 11.9 Å². The van der Waals surface area contributed by atoms with Crippen molar-refractivity contribution in [3.8, 4) is 0 Å². The summed E-state index contributed by atoms with van der Waals surface area (Å²) in [5.74, 6) is 0.911. The SMILES string of the molecule is CCOC(=O)C1CC23CCCCC2CC1N(Cc1ccccc1)C3C. The number of ether oxygens (including phenoxy) is 1. The predicted molar refractivity (Wildman–Crippen MR) is 99.0 cm³/mol. The highest BCUT2D eigenvalue weighted by Gasteiger charge is 2.60. The zero-order valence-electron chi connectivity index (χ0n) is 15.6. The molecule has 2 aliphatic heterocycles. The van der Waals surface area contributed by atoms with Gasteiger partial charge in [-0.15, -0.1) is 0 Å². The number of piperidine rings is 2. The fourth-order valence-corrected chi connectivity index (χ4v) is 6.20. The molecule has 136 valence electrons. The van der Waals surface area contributed by atoms with Gasteiger partial charge in [-0.1, -0.05) is 43.2 Å². The van der Waals surface area contributed by atoms with Gasteiger partial charge in [0.1, 0.15) is 0 Å². The maximum Gasteiger partial charge on any atom is 0.310 e. The third-order valence-corrected chi connectivity index (χ3v) is 7.40. The quantitative estimate of drug-likeness (QED) is 0.760. The molecule has 2 saturated carbocycles. The van der Waals surface area contributed by atoms with Crippen molar-refractivity contribution in [2.24, 2.45) is 17.3 Å². The van der Waals surface area contributed by atoms with Gasteiger partial charge in [0.25, 0.3) is 0 Å². The van der Waals surface area contributed by atoms with Crippen LogP contribution in [0.4, 0.5) is 0 Å². The normalized spacial score (nSPS) is 37.5. The van der Waals surface area contributed by atoms with Crippen molar-refractivity contribution < 1.29 is 9.53 Å². The minimum absolute atomic E-state index is 0.0425. The van der Waals surface area contributed by atoms with Crippen LogP contribution in [0.1, 0.15) is 57.9 Å². The Morgan fingerprint density at radius 2 is 2.08 bits per heavy atom. The summed E-state index contributed by atoms with van der Waals surface area (Å²) in [6.45, 7) is 5.80. The summed E-state index contributed by atoms with van der Waals surface area (Å²) in [6, 6.07) is 11.6. The van der Waals surface area contributed by atoms with Crippen LogP contribution in [0.2, 0.25) is 0 Å². The number of esters is 1. The van der Waals surface area contributed by atoms with Gasteiger partial charge in [-0.2, -0.15) is 0 Å². The molecule has 1 spiro atoms. The van der Waals surface area contributed by atoms with Gasteiger partial charge in [-0.05, 0) is 56.4 Å². The Morgan fingerprint density at radius 3 is 2.84 bits per heavy atom. The number of hydrogen-bond donors (Lipinski definition) is 0. The van der Waals surface area contributed by atoms with Crippen LogP contribution in [0.3, 0.4) is 0 Å². The zero-order chi connectivity index (χ0) is 17.4. The summed E-state index contributed by atoms with van der Waals surface area (Å²) in [4.78, 5) is 15.4. The van der Waals surface area contributed by atoms with Crippen LogP contribution >= 0.6 is 0 Å². The molecule has 4 aliphatic rings. The fraction of sp³-hybridized carbons (Fsp3) is 0.682. The van der Waals surface area contributed by atoms with E-state index in [0.29, 0.717) is 24.1 Å². The van der Waals surface area contributed by atoms with Gasteiger partial charge in [0.05, 0.1) is 12.5 Å². The van der Waals surface area contributed by atoms with E-state index < -0.39 is 0 Å². The van der Waals surface area contributed by atoms with Crippen LogP contribution in [0.5, 0.6) is 0 Å². The van der Waals surface area contributed by atoms with Crippen LogP contribution < -0.4 is 0 Å². The van der Waals surface area contributed by atoms with E-state index in [9.17, 15) is 4.79 Å². The lowest BCUT2D eigenvalue weighted by molar-refractivity contribution is -0.187. The molecule has 0 radical (unpaired) electrons. The average molecular weight is 341 g/mol. The van der Waals surface area contributed by atoms with Crippen LogP contribution in [0.15, 0.2) is 30.3 Å². The van der Waals surface area contributed by atoms with E-state index in [0.717, 1.165) is 18.9 Å². The molecule has 1 aromatic rings. The Kier molecular flexibility index (Phi) is 4.61. The van der Waals surface area contributed by atoms with Crippen molar-refractivity contribution in [2.75, 3.05) is 6.61 Å². The van der Waals surface area contributed by atoms with E-state index in [1.807, 2.05) is 6.92 Å². The molecule has 2 bridgehead atoms. The fourth-order valence-electron chi connectivity index (χ4n) is 6.20. The molecule has 0 amide bonds. The number of hydrogen-bond acceptors (Lipinski definition) is 3. The standard InChI is InChI=1S/C22H31NO2/c1-3-25-21(24)19-14-22-12-8-7-11-18(22)13-20(19)23(16(22)2)15-17-9-5-4-6-10-17/h4-6,9-10,16,18-20H,3,7-8,11-15H2,1-2H3. The van der Waals surface area contributed by atoms with Crippen LogP contribution in [0, 0.1) is 17.3 Å². The van der Waals surface area contributed by atoms with Crippen LogP contribution in [-0.2, 0) is 16.1 Å². The van der Waals surface area contributed by atoms with Crippen molar-refractivity contribution >= 4 is 5.97 Å². The van der Waals surface area contributed by atoms with Gasteiger partial charge < -0.3 is 4.74 Å². The third kappa shape index (κ3) is 2.81. The Bertz CT molecular complexity index is 616. The van der Waals surface area contributed by atoms with Crippen molar-refractivity contribution in [1.29, 1.82) is 0 Å². The monoisotopic (exact) mass is 341 g/mol. The molecule has 2 saturated heterocycles. The Morgan fingerprint density at radius 1 is 1.28 bits per heavy atom. The number of carbonyl (C=O) groups excluding carboxylic acids is 1. The van der Waals surface area contributed by atoms with Gasteiger partial charge in [0.15, 0.2) is 0 Å².